The summed E-state index contributed by atoms with van der Waals surface area (Å²) in [5, 5.41) is 0. The van der Waals surface area contributed by atoms with Crippen LogP contribution < -0.4 is 0 Å². The monoisotopic (exact) mass is 296 g/mol. The Hall–Kier alpha value is -1.44. The zero-order valence-electron chi connectivity index (χ0n) is 13.6. The third-order valence-electron chi connectivity index (χ3n) is 4.95. The molecule has 2 aliphatic rings. The van der Waals surface area contributed by atoms with Crippen molar-refractivity contribution in [3.63, 3.8) is 0 Å². The van der Waals surface area contributed by atoms with Gasteiger partial charge >= 0.3 is 0 Å². The van der Waals surface area contributed by atoms with Crippen molar-refractivity contribution in [2.75, 3.05) is 0 Å². The van der Waals surface area contributed by atoms with Crippen molar-refractivity contribution in [1.82, 2.24) is 0 Å². The van der Waals surface area contributed by atoms with Crippen molar-refractivity contribution in [1.29, 1.82) is 0 Å². The average Bonchev–Trinajstić information content (AvgIpc) is 2.61. The van der Waals surface area contributed by atoms with E-state index in [9.17, 15) is 0 Å². The Morgan fingerprint density at radius 2 is 0.955 bits per heavy atom. The fourth-order valence-electron chi connectivity index (χ4n) is 3.51. The maximum absolute atomic E-state index is 4.74. The van der Waals surface area contributed by atoms with Crippen LogP contribution in [0, 0.1) is 0 Å². The number of nitrogens with zero attached hydrogens (tertiary/aromatic N) is 2. The van der Waals surface area contributed by atoms with Crippen LogP contribution in [0.2, 0.25) is 0 Å². The van der Waals surface area contributed by atoms with E-state index in [2.05, 4.69) is 36.7 Å². The van der Waals surface area contributed by atoms with E-state index in [1.54, 1.807) is 0 Å². The van der Waals surface area contributed by atoms with Gasteiger partial charge in [0.1, 0.15) is 0 Å². The maximum atomic E-state index is 4.74. The highest BCUT2D eigenvalue weighted by Gasteiger charge is 2.11. The fraction of sp³-hybridized carbons (Fsp3) is 0.600. The topological polar surface area (TPSA) is 24.7 Å². The first-order valence-corrected chi connectivity index (χ1v) is 9.06. The Bertz CT molecular complexity index is 442. The van der Waals surface area contributed by atoms with Crippen molar-refractivity contribution in [2.45, 2.75) is 76.3 Å². The van der Waals surface area contributed by atoms with Crippen molar-refractivity contribution in [3.05, 3.63) is 35.4 Å². The molecule has 118 valence electrons. The van der Waals surface area contributed by atoms with Gasteiger partial charge in [-0.1, -0.05) is 62.8 Å². The highest BCUT2D eigenvalue weighted by molar-refractivity contribution is 5.84. The van der Waals surface area contributed by atoms with E-state index >= 15 is 0 Å². The Kier molecular flexibility index (Phi) is 5.80. The van der Waals surface area contributed by atoms with E-state index in [-0.39, 0.29) is 0 Å². The Balaban J connectivity index is 1.53. The van der Waals surface area contributed by atoms with Crippen molar-refractivity contribution in [2.24, 2.45) is 9.98 Å². The molecule has 0 saturated heterocycles. The first-order chi connectivity index (χ1) is 10.9. The van der Waals surface area contributed by atoms with Crippen molar-refractivity contribution < 1.29 is 0 Å². The summed E-state index contributed by atoms with van der Waals surface area (Å²) in [6, 6.07) is 9.76. The minimum atomic E-state index is 0.557. The summed E-state index contributed by atoms with van der Waals surface area (Å²) >= 11 is 0. The van der Waals surface area contributed by atoms with Crippen LogP contribution in [-0.4, -0.2) is 24.5 Å². The Morgan fingerprint density at radius 1 is 0.591 bits per heavy atom. The molecule has 2 nitrogen and oxygen atoms in total. The van der Waals surface area contributed by atoms with Gasteiger partial charge in [-0.15, -0.1) is 0 Å². The summed E-state index contributed by atoms with van der Waals surface area (Å²) < 4.78 is 0. The Morgan fingerprint density at radius 3 is 1.32 bits per heavy atom. The molecular formula is C20H28N2. The molecule has 2 heteroatoms. The predicted molar refractivity (Wildman–Crippen MR) is 95.4 cm³/mol. The quantitative estimate of drug-likeness (QED) is 0.683. The highest BCUT2D eigenvalue weighted by Crippen LogP contribution is 2.21. The van der Waals surface area contributed by atoms with E-state index in [4.69, 9.17) is 9.98 Å². The van der Waals surface area contributed by atoms with Gasteiger partial charge in [0.15, 0.2) is 0 Å². The largest absolute Gasteiger partial charge is 0.289 e. The average molecular weight is 296 g/mol. The molecule has 0 spiro atoms. The molecule has 1 aromatic carbocycles. The molecule has 3 rings (SSSR count). The van der Waals surface area contributed by atoms with Crippen LogP contribution in [-0.2, 0) is 0 Å². The molecule has 0 atom stereocenters. The smallest absolute Gasteiger partial charge is 0.0499 e. The molecule has 0 N–H and O–H groups in total. The van der Waals surface area contributed by atoms with Crippen LogP contribution in [0.15, 0.2) is 34.3 Å². The lowest BCUT2D eigenvalue weighted by molar-refractivity contribution is 0.444. The molecule has 2 fully saturated rings. The number of rotatable bonds is 4. The van der Waals surface area contributed by atoms with Crippen LogP contribution in [0.4, 0.5) is 0 Å². The minimum absolute atomic E-state index is 0.557. The summed E-state index contributed by atoms with van der Waals surface area (Å²) in [7, 11) is 0. The highest BCUT2D eigenvalue weighted by atomic mass is 14.8. The first-order valence-electron chi connectivity index (χ1n) is 9.06. The Labute approximate surface area is 134 Å². The van der Waals surface area contributed by atoms with Gasteiger partial charge < -0.3 is 0 Å². The van der Waals surface area contributed by atoms with E-state index in [0.717, 1.165) is 0 Å². The van der Waals surface area contributed by atoms with E-state index < -0.39 is 0 Å². The van der Waals surface area contributed by atoms with Crippen LogP contribution >= 0.6 is 0 Å². The van der Waals surface area contributed by atoms with Gasteiger partial charge in [0, 0.05) is 24.5 Å². The number of hydrogen-bond donors (Lipinski definition) is 0. The molecule has 0 radical (unpaired) electrons. The summed E-state index contributed by atoms with van der Waals surface area (Å²) in [6.45, 7) is 0. The minimum Gasteiger partial charge on any atom is -0.289 e. The SMILES string of the molecule is C(=NC1CCCCC1)c1ccc(C=NC2CCCCC2)cc1. The molecule has 0 aromatic heterocycles. The van der Waals surface area contributed by atoms with Gasteiger partial charge in [-0.2, -0.15) is 0 Å². The lowest BCUT2D eigenvalue weighted by Crippen LogP contribution is -2.09. The van der Waals surface area contributed by atoms with Crippen LogP contribution in [0.3, 0.4) is 0 Å². The zero-order chi connectivity index (χ0) is 15.0. The second kappa shape index (κ2) is 8.26. The third-order valence-corrected chi connectivity index (χ3v) is 4.95. The molecule has 1 aromatic rings. The second-order valence-electron chi connectivity index (χ2n) is 6.81. The second-order valence-corrected chi connectivity index (χ2v) is 6.81. The molecular weight excluding hydrogens is 268 g/mol. The first kappa shape index (κ1) is 15.5. The molecule has 22 heavy (non-hydrogen) atoms. The normalized spacial score (nSPS) is 21.8. The van der Waals surface area contributed by atoms with Gasteiger partial charge in [-0.25, -0.2) is 0 Å². The molecule has 0 aliphatic heterocycles. The van der Waals surface area contributed by atoms with Gasteiger partial charge in [0.05, 0.1) is 0 Å². The van der Waals surface area contributed by atoms with Crippen molar-refractivity contribution in [3.8, 4) is 0 Å². The standard InChI is InChI=1S/C20H28N2/c1-3-7-19(8-4-1)21-15-17-11-13-18(14-12-17)16-22-20-9-5-2-6-10-20/h11-16,19-20H,1-10H2. The number of aliphatic imine (C=N–C) groups is 2. The van der Waals surface area contributed by atoms with E-state index in [1.165, 1.54) is 75.3 Å². The molecule has 2 saturated carbocycles. The van der Waals surface area contributed by atoms with Gasteiger partial charge in [-0.05, 0) is 36.8 Å². The van der Waals surface area contributed by atoms with Gasteiger partial charge in [-0.3, -0.25) is 9.98 Å². The van der Waals surface area contributed by atoms with E-state index in [0.29, 0.717) is 12.1 Å². The van der Waals surface area contributed by atoms with Gasteiger partial charge in [0.25, 0.3) is 0 Å². The van der Waals surface area contributed by atoms with E-state index in [1.807, 2.05) is 0 Å². The number of hydrogen-bond acceptors (Lipinski definition) is 2. The zero-order valence-corrected chi connectivity index (χ0v) is 13.6. The third kappa shape index (κ3) is 4.79. The summed E-state index contributed by atoms with van der Waals surface area (Å²) in [4.78, 5) is 9.49. The van der Waals surface area contributed by atoms with Crippen LogP contribution in [0.25, 0.3) is 0 Å². The lowest BCUT2D eigenvalue weighted by atomic mass is 9.96. The van der Waals surface area contributed by atoms with Crippen LogP contribution in [0.1, 0.15) is 75.3 Å². The molecule has 0 heterocycles. The molecule has 0 amide bonds. The molecule has 0 unspecified atom stereocenters. The summed E-state index contributed by atoms with van der Waals surface area (Å²) in [5.74, 6) is 0. The molecule has 2 aliphatic carbocycles. The molecule has 0 bridgehead atoms. The predicted octanol–water partition coefficient (Wildman–Crippen LogP) is 5.19. The summed E-state index contributed by atoms with van der Waals surface area (Å²) in [6.07, 6.45) is 17.3. The lowest BCUT2D eigenvalue weighted by Gasteiger charge is -2.17. The fourth-order valence-corrected chi connectivity index (χ4v) is 3.51. The maximum Gasteiger partial charge on any atom is 0.0499 e. The number of benzene rings is 1. The van der Waals surface area contributed by atoms with Gasteiger partial charge in [0.2, 0.25) is 0 Å². The van der Waals surface area contributed by atoms with Crippen LogP contribution in [0.5, 0.6) is 0 Å². The summed E-state index contributed by atoms with van der Waals surface area (Å²) in [5.41, 5.74) is 2.42. The van der Waals surface area contributed by atoms with Crippen molar-refractivity contribution >= 4 is 12.4 Å².